The molecule has 4 rings (SSSR count). The second kappa shape index (κ2) is 7.21. The van der Waals surface area contributed by atoms with Gasteiger partial charge in [-0.2, -0.15) is 0 Å². The van der Waals surface area contributed by atoms with Crippen LogP contribution in [-0.2, 0) is 17.6 Å². The van der Waals surface area contributed by atoms with Crippen molar-refractivity contribution in [2.24, 2.45) is 0 Å². The molecule has 4 N–H and O–H groups in total. The molecule has 0 amide bonds. The molecule has 8 nitrogen and oxygen atoms in total. The van der Waals surface area contributed by atoms with E-state index in [1.54, 1.807) is 12.1 Å². The first-order chi connectivity index (χ1) is 13.0. The zero-order valence-electron chi connectivity index (χ0n) is 14.6. The Morgan fingerprint density at radius 2 is 1.78 bits per heavy atom. The van der Waals surface area contributed by atoms with E-state index in [0.717, 1.165) is 42.2 Å². The zero-order valence-corrected chi connectivity index (χ0v) is 14.6. The third kappa shape index (κ3) is 3.24. The van der Waals surface area contributed by atoms with Crippen molar-refractivity contribution in [3.63, 3.8) is 0 Å². The molecule has 0 spiro atoms. The molecule has 0 bridgehead atoms. The van der Waals surface area contributed by atoms with E-state index in [2.05, 4.69) is 0 Å². The summed E-state index contributed by atoms with van der Waals surface area (Å²) >= 11 is 0. The van der Waals surface area contributed by atoms with E-state index in [9.17, 15) is 25.2 Å². The number of aryl methyl sites for hydroxylation is 1. The van der Waals surface area contributed by atoms with Crippen LogP contribution in [0.15, 0.2) is 27.4 Å². The van der Waals surface area contributed by atoms with Gasteiger partial charge in [0, 0.05) is 17.0 Å². The SMILES string of the molecule is O=c1oc2cc(O[C@@H]3O[C@H](CO)[C@@H](O)[C@H](O)[C@H]3O)ccc2c2c1CCCC2. The van der Waals surface area contributed by atoms with Crippen molar-refractivity contribution >= 4 is 11.0 Å². The summed E-state index contributed by atoms with van der Waals surface area (Å²) in [4.78, 5) is 12.2. The Balaban J connectivity index is 1.64. The van der Waals surface area contributed by atoms with Crippen LogP contribution in [0, 0.1) is 0 Å². The lowest BCUT2D eigenvalue weighted by Gasteiger charge is -2.39. The van der Waals surface area contributed by atoms with E-state index >= 15 is 0 Å². The summed E-state index contributed by atoms with van der Waals surface area (Å²) < 4.78 is 16.4. The summed E-state index contributed by atoms with van der Waals surface area (Å²) in [5.74, 6) is 0.269. The van der Waals surface area contributed by atoms with E-state index in [-0.39, 0.29) is 11.4 Å². The molecule has 2 heterocycles. The maximum Gasteiger partial charge on any atom is 0.339 e. The minimum atomic E-state index is -1.52. The van der Waals surface area contributed by atoms with Crippen LogP contribution in [0.5, 0.6) is 5.75 Å². The molecule has 0 unspecified atom stereocenters. The summed E-state index contributed by atoms with van der Waals surface area (Å²) in [5.41, 5.74) is 1.77. The molecule has 8 heteroatoms. The van der Waals surface area contributed by atoms with Gasteiger partial charge in [0.1, 0.15) is 35.7 Å². The van der Waals surface area contributed by atoms with Gasteiger partial charge in [-0.3, -0.25) is 0 Å². The number of ether oxygens (including phenoxy) is 2. The maximum atomic E-state index is 12.2. The third-order valence-corrected chi connectivity index (χ3v) is 5.30. The average molecular weight is 378 g/mol. The van der Waals surface area contributed by atoms with Crippen molar-refractivity contribution < 1.29 is 34.3 Å². The van der Waals surface area contributed by atoms with Crippen molar-refractivity contribution in [3.8, 4) is 5.75 Å². The molecule has 1 aromatic carbocycles. The van der Waals surface area contributed by atoms with Crippen LogP contribution in [0.3, 0.4) is 0 Å². The Hall–Kier alpha value is -1.97. The highest BCUT2D eigenvalue weighted by atomic mass is 16.7. The largest absolute Gasteiger partial charge is 0.462 e. The van der Waals surface area contributed by atoms with Gasteiger partial charge in [0.25, 0.3) is 0 Å². The van der Waals surface area contributed by atoms with Crippen LogP contribution in [0.1, 0.15) is 24.0 Å². The van der Waals surface area contributed by atoms with E-state index < -0.39 is 37.3 Å². The van der Waals surface area contributed by atoms with Crippen LogP contribution < -0.4 is 10.4 Å². The molecule has 27 heavy (non-hydrogen) atoms. The maximum absolute atomic E-state index is 12.2. The number of hydrogen-bond acceptors (Lipinski definition) is 8. The molecule has 5 atom stereocenters. The lowest BCUT2D eigenvalue weighted by Crippen LogP contribution is -2.60. The lowest BCUT2D eigenvalue weighted by molar-refractivity contribution is -0.277. The van der Waals surface area contributed by atoms with Crippen molar-refractivity contribution in [2.75, 3.05) is 6.61 Å². The van der Waals surface area contributed by atoms with Gasteiger partial charge in [-0.15, -0.1) is 0 Å². The second-order valence-corrected chi connectivity index (χ2v) is 7.03. The number of aliphatic hydroxyl groups is 4. The first-order valence-electron chi connectivity index (χ1n) is 9.05. The fraction of sp³-hybridized carbons (Fsp3) is 0.526. The minimum absolute atomic E-state index is 0.269. The molecule has 2 aliphatic rings. The van der Waals surface area contributed by atoms with Crippen LogP contribution in [0.4, 0.5) is 0 Å². The highest BCUT2D eigenvalue weighted by Gasteiger charge is 2.44. The van der Waals surface area contributed by atoms with Crippen molar-refractivity contribution in [1.29, 1.82) is 0 Å². The van der Waals surface area contributed by atoms with E-state index in [1.165, 1.54) is 6.07 Å². The number of aliphatic hydroxyl groups excluding tert-OH is 4. The fourth-order valence-corrected chi connectivity index (χ4v) is 3.80. The first-order valence-corrected chi connectivity index (χ1v) is 9.05. The quantitative estimate of drug-likeness (QED) is 0.543. The monoisotopic (exact) mass is 378 g/mol. The highest BCUT2D eigenvalue weighted by molar-refractivity contribution is 5.82. The van der Waals surface area contributed by atoms with E-state index in [4.69, 9.17) is 13.9 Å². The Morgan fingerprint density at radius 3 is 2.52 bits per heavy atom. The van der Waals surface area contributed by atoms with Gasteiger partial charge in [0.2, 0.25) is 6.29 Å². The van der Waals surface area contributed by atoms with Crippen molar-refractivity contribution in [2.45, 2.75) is 56.4 Å². The third-order valence-electron chi connectivity index (χ3n) is 5.30. The number of fused-ring (bicyclic) bond motifs is 3. The molecule has 1 fully saturated rings. The topological polar surface area (TPSA) is 130 Å². The van der Waals surface area contributed by atoms with E-state index in [1.807, 2.05) is 0 Å². The van der Waals surface area contributed by atoms with Gasteiger partial charge in [-0.1, -0.05) is 0 Å². The molecule has 2 aromatic rings. The smallest absolute Gasteiger partial charge is 0.339 e. The zero-order chi connectivity index (χ0) is 19.1. The predicted molar refractivity (Wildman–Crippen MR) is 93.5 cm³/mol. The predicted octanol–water partition coefficient (Wildman–Crippen LogP) is -0.150. The Morgan fingerprint density at radius 1 is 1.04 bits per heavy atom. The summed E-state index contributed by atoms with van der Waals surface area (Å²) in [6.07, 6.45) is -3.29. The number of rotatable bonds is 3. The Labute approximate surface area is 154 Å². The average Bonchev–Trinajstić information content (AvgIpc) is 2.68. The van der Waals surface area contributed by atoms with Gasteiger partial charge in [-0.05, 0) is 43.4 Å². The van der Waals surface area contributed by atoms with Gasteiger partial charge in [0.05, 0.1) is 6.61 Å². The van der Waals surface area contributed by atoms with Crippen molar-refractivity contribution in [1.82, 2.24) is 0 Å². The fourth-order valence-electron chi connectivity index (χ4n) is 3.80. The van der Waals surface area contributed by atoms with Gasteiger partial charge in [0.15, 0.2) is 0 Å². The van der Waals surface area contributed by atoms with Gasteiger partial charge < -0.3 is 34.3 Å². The van der Waals surface area contributed by atoms with Crippen LogP contribution in [-0.4, -0.2) is 57.7 Å². The van der Waals surface area contributed by atoms with Crippen LogP contribution in [0.25, 0.3) is 11.0 Å². The Bertz CT molecular complexity index is 889. The number of benzene rings is 1. The molecular weight excluding hydrogens is 356 g/mol. The molecule has 0 radical (unpaired) electrons. The normalized spacial score (nSPS) is 30.9. The standard InChI is InChI=1S/C19H22O8/c20-8-14-15(21)16(22)17(23)19(27-14)25-9-5-6-11-10-3-1-2-4-12(10)18(24)26-13(11)7-9/h5-7,14-17,19-23H,1-4,8H2/t14-,15-,16+,17-,19-/m1/s1. The molecule has 1 saturated heterocycles. The minimum Gasteiger partial charge on any atom is -0.462 e. The molecular formula is C19H22O8. The first kappa shape index (κ1) is 18.4. The molecule has 146 valence electrons. The molecule has 1 aliphatic carbocycles. The molecule has 0 saturated carbocycles. The number of hydrogen-bond donors (Lipinski definition) is 4. The lowest BCUT2D eigenvalue weighted by atomic mass is 9.91. The summed E-state index contributed by atoms with van der Waals surface area (Å²) in [6.45, 7) is -0.538. The van der Waals surface area contributed by atoms with Gasteiger partial charge in [-0.25, -0.2) is 4.79 Å². The second-order valence-electron chi connectivity index (χ2n) is 7.03. The summed E-state index contributed by atoms with van der Waals surface area (Å²) in [6, 6.07) is 4.99. The molecule has 1 aliphatic heterocycles. The van der Waals surface area contributed by atoms with Crippen molar-refractivity contribution in [3.05, 3.63) is 39.7 Å². The summed E-state index contributed by atoms with van der Waals surface area (Å²) in [7, 11) is 0. The summed E-state index contributed by atoms with van der Waals surface area (Å²) in [5, 5.41) is 39.9. The van der Waals surface area contributed by atoms with Crippen LogP contribution >= 0.6 is 0 Å². The molecule has 1 aromatic heterocycles. The Kier molecular flexibility index (Phi) is 4.92. The van der Waals surface area contributed by atoms with Gasteiger partial charge >= 0.3 is 5.63 Å². The van der Waals surface area contributed by atoms with Crippen LogP contribution in [0.2, 0.25) is 0 Å². The van der Waals surface area contributed by atoms with E-state index in [0.29, 0.717) is 5.58 Å². The highest BCUT2D eigenvalue weighted by Crippen LogP contribution is 2.30.